The van der Waals surface area contributed by atoms with Crippen LogP contribution < -0.4 is 0 Å². The van der Waals surface area contributed by atoms with Crippen LogP contribution in [0.2, 0.25) is 0 Å². The third-order valence-corrected chi connectivity index (χ3v) is 3.44. The van der Waals surface area contributed by atoms with E-state index < -0.39 is 0 Å². The zero-order valence-electron chi connectivity index (χ0n) is 13.2. The third kappa shape index (κ3) is 3.65. The first-order valence-corrected chi connectivity index (χ1v) is 7.51. The number of hydrogen-bond donors (Lipinski definition) is 0. The Kier molecular flexibility index (Phi) is 4.64. The molecule has 0 fully saturated rings. The van der Waals surface area contributed by atoms with Gasteiger partial charge in [-0.05, 0) is 18.6 Å². The normalized spacial score (nSPS) is 11.6. The molecule has 3 aromatic rings. The lowest BCUT2D eigenvalue weighted by Crippen LogP contribution is -1.83. The standard InChI is InChI=1S/C20H15N3O/c1-15-10-12-17(13-11-15)19-22-20(24-23-19)18(14-21)9-5-8-16-6-3-2-4-7-16/h2-13H,1H3/b8-5+,18-9+. The molecule has 0 atom stereocenters. The van der Waals surface area contributed by atoms with Gasteiger partial charge in [-0.25, -0.2) is 0 Å². The summed E-state index contributed by atoms with van der Waals surface area (Å²) in [6.45, 7) is 2.01. The molecule has 0 spiro atoms. The average molecular weight is 313 g/mol. The van der Waals surface area contributed by atoms with Gasteiger partial charge >= 0.3 is 0 Å². The number of benzene rings is 2. The van der Waals surface area contributed by atoms with Crippen molar-refractivity contribution in [3.05, 3.63) is 83.8 Å². The first-order valence-electron chi connectivity index (χ1n) is 7.51. The van der Waals surface area contributed by atoms with Crippen LogP contribution in [0.25, 0.3) is 23.0 Å². The molecule has 0 saturated heterocycles. The molecule has 0 unspecified atom stereocenters. The van der Waals surface area contributed by atoms with Crippen molar-refractivity contribution in [3.63, 3.8) is 0 Å². The number of allylic oxidation sites excluding steroid dienone is 3. The number of rotatable bonds is 4. The summed E-state index contributed by atoms with van der Waals surface area (Å²) in [5.41, 5.74) is 3.39. The molecule has 0 amide bonds. The first kappa shape index (κ1) is 15.4. The zero-order chi connectivity index (χ0) is 16.8. The van der Waals surface area contributed by atoms with Gasteiger partial charge in [0.15, 0.2) is 0 Å². The van der Waals surface area contributed by atoms with Gasteiger partial charge in [-0.3, -0.25) is 0 Å². The minimum Gasteiger partial charge on any atom is -0.333 e. The van der Waals surface area contributed by atoms with E-state index in [4.69, 9.17) is 4.52 Å². The van der Waals surface area contributed by atoms with E-state index in [1.54, 1.807) is 12.2 Å². The van der Waals surface area contributed by atoms with E-state index in [1.165, 1.54) is 0 Å². The SMILES string of the molecule is Cc1ccc(-c2noc(/C(C#N)=C/C=C/c3ccccc3)n2)cc1. The molecule has 24 heavy (non-hydrogen) atoms. The zero-order valence-corrected chi connectivity index (χ0v) is 13.2. The lowest BCUT2D eigenvalue weighted by molar-refractivity contribution is 0.409. The molecule has 4 heteroatoms. The summed E-state index contributed by atoms with van der Waals surface area (Å²) in [7, 11) is 0. The molecule has 0 aliphatic rings. The van der Waals surface area contributed by atoms with Crippen molar-refractivity contribution in [3.8, 4) is 17.5 Å². The maximum atomic E-state index is 9.31. The van der Waals surface area contributed by atoms with Crippen molar-refractivity contribution >= 4 is 11.6 Å². The Hall–Kier alpha value is -3.45. The largest absolute Gasteiger partial charge is 0.333 e. The highest BCUT2D eigenvalue weighted by Gasteiger charge is 2.11. The van der Waals surface area contributed by atoms with E-state index in [0.717, 1.165) is 16.7 Å². The van der Waals surface area contributed by atoms with Gasteiger partial charge < -0.3 is 4.52 Å². The van der Waals surface area contributed by atoms with Crippen molar-refractivity contribution < 1.29 is 4.52 Å². The predicted molar refractivity (Wildman–Crippen MR) is 93.5 cm³/mol. The van der Waals surface area contributed by atoms with Crippen molar-refractivity contribution in [2.75, 3.05) is 0 Å². The third-order valence-electron chi connectivity index (χ3n) is 3.44. The highest BCUT2D eigenvalue weighted by molar-refractivity contribution is 5.74. The number of hydrogen-bond acceptors (Lipinski definition) is 4. The Bertz CT molecular complexity index is 914. The van der Waals surface area contributed by atoms with E-state index in [0.29, 0.717) is 11.4 Å². The maximum Gasteiger partial charge on any atom is 0.268 e. The van der Waals surface area contributed by atoms with Gasteiger partial charge in [0.25, 0.3) is 5.89 Å². The van der Waals surface area contributed by atoms with E-state index in [9.17, 15) is 5.26 Å². The summed E-state index contributed by atoms with van der Waals surface area (Å²) in [5, 5.41) is 13.3. The van der Waals surface area contributed by atoms with Crippen molar-refractivity contribution in [1.82, 2.24) is 10.1 Å². The van der Waals surface area contributed by atoms with Crippen molar-refractivity contribution in [1.29, 1.82) is 5.26 Å². The number of nitriles is 1. The predicted octanol–water partition coefficient (Wildman–Crippen LogP) is 4.67. The van der Waals surface area contributed by atoms with Crippen LogP contribution in [0.15, 0.2) is 71.3 Å². The highest BCUT2D eigenvalue weighted by atomic mass is 16.5. The highest BCUT2D eigenvalue weighted by Crippen LogP contribution is 2.19. The Morgan fingerprint density at radius 2 is 1.83 bits per heavy atom. The summed E-state index contributed by atoms with van der Waals surface area (Å²) in [5.74, 6) is 0.684. The van der Waals surface area contributed by atoms with Crippen LogP contribution in [0.4, 0.5) is 0 Å². The molecule has 0 radical (unpaired) electrons. The summed E-state index contributed by atoms with van der Waals surface area (Å²) in [4.78, 5) is 4.30. The molecule has 1 heterocycles. The lowest BCUT2D eigenvalue weighted by atomic mass is 10.1. The van der Waals surface area contributed by atoms with Crippen LogP contribution in [0.5, 0.6) is 0 Å². The molecule has 116 valence electrons. The average Bonchev–Trinajstić information content (AvgIpc) is 3.10. The van der Waals surface area contributed by atoms with E-state index >= 15 is 0 Å². The topological polar surface area (TPSA) is 62.7 Å². The lowest BCUT2D eigenvalue weighted by Gasteiger charge is -1.94. The Balaban J connectivity index is 1.82. The van der Waals surface area contributed by atoms with Crippen LogP contribution in [0, 0.1) is 18.3 Å². The molecule has 0 bridgehead atoms. The molecular formula is C20H15N3O. The second-order valence-corrected chi connectivity index (χ2v) is 5.25. The molecule has 0 aliphatic carbocycles. The Morgan fingerprint density at radius 3 is 2.54 bits per heavy atom. The fraction of sp³-hybridized carbons (Fsp3) is 0.0500. The number of aromatic nitrogens is 2. The molecule has 0 aliphatic heterocycles. The van der Waals surface area contributed by atoms with Gasteiger partial charge in [-0.2, -0.15) is 10.2 Å². The van der Waals surface area contributed by atoms with E-state index in [-0.39, 0.29) is 5.89 Å². The molecule has 1 aromatic heterocycles. The van der Waals surface area contributed by atoms with Crippen molar-refractivity contribution in [2.24, 2.45) is 0 Å². The summed E-state index contributed by atoms with van der Waals surface area (Å²) >= 11 is 0. The van der Waals surface area contributed by atoms with Crippen LogP contribution >= 0.6 is 0 Å². The molecule has 3 rings (SSSR count). The number of aryl methyl sites for hydroxylation is 1. The van der Waals surface area contributed by atoms with Crippen LogP contribution in [0.3, 0.4) is 0 Å². The second-order valence-electron chi connectivity index (χ2n) is 5.25. The second kappa shape index (κ2) is 7.21. The maximum absolute atomic E-state index is 9.31. The van der Waals surface area contributed by atoms with Gasteiger partial charge in [0.05, 0.1) is 0 Å². The fourth-order valence-corrected chi connectivity index (χ4v) is 2.13. The van der Waals surface area contributed by atoms with Gasteiger partial charge in [-0.15, -0.1) is 0 Å². The summed E-state index contributed by atoms with van der Waals surface area (Å²) in [6.07, 6.45) is 5.37. The molecule has 0 N–H and O–H groups in total. The quantitative estimate of drug-likeness (QED) is 0.519. The number of nitrogens with zero attached hydrogens (tertiary/aromatic N) is 3. The smallest absolute Gasteiger partial charge is 0.268 e. The molecule has 0 saturated carbocycles. The van der Waals surface area contributed by atoms with Gasteiger partial charge in [0.1, 0.15) is 11.6 Å². The minimum absolute atomic E-state index is 0.214. The van der Waals surface area contributed by atoms with Gasteiger partial charge in [0.2, 0.25) is 5.82 Å². The summed E-state index contributed by atoms with van der Waals surface area (Å²) in [6, 6.07) is 19.7. The first-order chi connectivity index (χ1) is 11.8. The van der Waals surface area contributed by atoms with Gasteiger partial charge in [-0.1, -0.05) is 77.5 Å². The van der Waals surface area contributed by atoms with E-state index in [2.05, 4.69) is 16.2 Å². The fourth-order valence-electron chi connectivity index (χ4n) is 2.13. The molecule has 4 nitrogen and oxygen atoms in total. The molecule has 2 aromatic carbocycles. The molecular weight excluding hydrogens is 298 g/mol. The van der Waals surface area contributed by atoms with Crippen LogP contribution in [-0.2, 0) is 0 Å². The van der Waals surface area contributed by atoms with Crippen molar-refractivity contribution in [2.45, 2.75) is 6.92 Å². The van der Waals surface area contributed by atoms with Crippen LogP contribution in [0.1, 0.15) is 17.0 Å². The van der Waals surface area contributed by atoms with Gasteiger partial charge in [0, 0.05) is 5.56 Å². The monoisotopic (exact) mass is 313 g/mol. The minimum atomic E-state index is 0.214. The van der Waals surface area contributed by atoms with E-state index in [1.807, 2.05) is 67.6 Å². The Labute approximate surface area is 140 Å². The van der Waals surface area contributed by atoms with Crippen LogP contribution in [-0.4, -0.2) is 10.1 Å². The summed E-state index contributed by atoms with van der Waals surface area (Å²) < 4.78 is 5.22. The Morgan fingerprint density at radius 1 is 1.08 bits per heavy atom.